The fourth-order valence-electron chi connectivity index (χ4n) is 2.30. The summed E-state index contributed by atoms with van der Waals surface area (Å²) in [4.78, 5) is 4.22. The Balaban J connectivity index is 1.95. The minimum Gasteiger partial charge on any atom is -0.310 e. The van der Waals surface area contributed by atoms with E-state index in [-0.39, 0.29) is 0 Å². The highest BCUT2D eigenvalue weighted by atomic mass is 14.9. The van der Waals surface area contributed by atoms with Gasteiger partial charge >= 0.3 is 0 Å². The molecule has 16 heavy (non-hydrogen) atoms. The van der Waals surface area contributed by atoms with E-state index in [1.807, 2.05) is 18.5 Å². The van der Waals surface area contributed by atoms with Crippen LogP contribution in [0.5, 0.6) is 0 Å². The van der Waals surface area contributed by atoms with Crippen LogP contribution in [0.4, 0.5) is 0 Å². The monoisotopic (exact) mass is 218 g/mol. The van der Waals surface area contributed by atoms with E-state index in [9.17, 15) is 0 Å². The van der Waals surface area contributed by atoms with Crippen LogP contribution in [0.15, 0.2) is 24.5 Å². The number of nitrogens with zero attached hydrogens (tertiary/aromatic N) is 1. The number of aromatic nitrogens is 1. The van der Waals surface area contributed by atoms with Gasteiger partial charge in [0.05, 0.1) is 0 Å². The van der Waals surface area contributed by atoms with Crippen molar-refractivity contribution < 1.29 is 0 Å². The maximum absolute atomic E-state index is 4.22. The molecule has 2 nitrogen and oxygen atoms in total. The van der Waals surface area contributed by atoms with E-state index in [0.29, 0.717) is 6.04 Å². The van der Waals surface area contributed by atoms with Gasteiger partial charge in [-0.1, -0.05) is 32.3 Å². The molecule has 1 atom stereocenters. The third kappa shape index (κ3) is 3.05. The summed E-state index contributed by atoms with van der Waals surface area (Å²) in [5, 5.41) is 3.64. The van der Waals surface area contributed by atoms with Gasteiger partial charge in [-0.05, 0) is 36.9 Å². The van der Waals surface area contributed by atoms with E-state index in [4.69, 9.17) is 0 Å². The average Bonchev–Trinajstić information content (AvgIpc) is 2.28. The normalized spacial score (nSPS) is 18.1. The summed E-state index contributed by atoms with van der Waals surface area (Å²) in [6, 6.07) is 4.74. The van der Waals surface area contributed by atoms with Gasteiger partial charge in [0.15, 0.2) is 0 Å². The molecule has 1 fully saturated rings. The van der Waals surface area contributed by atoms with Crippen LogP contribution in [0.25, 0.3) is 0 Å². The molecule has 1 aliphatic carbocycles. The quantitative estimate of drug-likeness (QED) is 0.792. The molecule has 0 radical (unpaired) electrons. The van der Waals surface area contributed by atoms with Crippen molar-refractivity contribution in [1.82, 2.24) is 10.3 Å². The number of pyridine rings is 1. The molecule has 1 aliphatic rings. The minimum atomic E-state index is 0.513. The first-order chi connectivity index (χ1) is 7.90. The zero-order chi connectivity index (χ0) is 11.2. The third-order valence-electron chi connectivity index (χ3n) is 3.52. The second kappa shape index (κ2) is 6.00. The SMILES string of the molecule is CCCNC(CC1CCC1)c1cccnc1. The van der Waals surface area contributed by atoms with Gasteiger partial charge in [0.2, 0.25) is 0 Å². The fraction of sp³-hybridized carbons (Fsp3) is 0.643. The standard InChI is InChI=1S/C14H22N2/c1-2-8-16-14(10-12-5-3-6-12)13-7-4-9-15-11-13/h4,7,9,11-12,14,16H,2-3,5-6,8,10H2,1H3. The van der Waals surface area contributed by atoms with Crippen molar-refractivity contribution >= 4 is 0 Å². The lowest BCUT2D eigenvalue weighted by Gasteiger charge is -2.30. The molecule has 88 valence electrons. The van der Waals surface area contributed by atoms with Crippen molar-refractivity contribution in [2.75, 3.05) is 6.54 Å². The van der Waals surface area contributed by atoms with Gasteiger partial charge in [0.1, 0.15) is 0 Å². The lowest BCUT2D eigenvalue weighted by molar-refractivity contribution is 0.261. The molecule has 0 bridgehead atoms. The van der Waals surface area contributed by atoms with Crippen LogP contribution >= 0.6 is 0 Å². The lowest BCUT2D eigenvalue weighted by atomic mass is 9.80. The molecule has 2 heteroatoms. The molecule has 1 heterocycles. The van der Waals surface area contributed by atoms with Gasteiger partial charge in [-0.3, -0.25) is 4.98 Å². The number of rotatable bonds is 6. The minimum absolute atomic E-state index is 0.513. The van der Waals surface area contributed by atoms with Crippen LogP contribution < -0.4 is 5.32 Å². The first-order valence-corrected chi connectivity index (χ1v) is 6.53. The maximum atomic E-state index is 4.22. The summed E-state index contributed by atoms with van der Waals surface area (Å²) in [6.07, 6.45) is 10.6. The zero-order valence-corrected chi connectivity index (χ0v) is 10.2. The Bertz CT molecular complexity index is 293. The van der Waals surface area contributed by atoms with Crippen LogP contribution in [0.3, 0.4) is 0 Å². The molecule has 2 rings (SSSR count). The Morgan fingerprint density at radius 1 is 1.50 bits per heavy atom. The molecule has 1 unspecified atom stereocenters. The predicted octanol–water partition coefficient (Wildman–Crippen LogP) is 3.31. The van der Waals surface area contributed by atoms with Crippen LogP contribution in [0, 0.1) is 5.92 Å². The molecule has 0 aromatic carbocycles. The van der Waals surface area contributed by atoms with Crippen molar-refractivity contribution in [2.45, 2.75) is 45.1 Å². The Morgan fingerprint density at radius 2 is 2.38 bits per heavy atom. The van der Waals surface area contributed by atoms with Gasteiger partial charge < -0.3 is 5.32 Å². The Labute approximate surface area is 98.5 Å². The van der Waals surface area contributed by atoms with E-state index in [1.54, 1.807) is 0 Å². The molecule has 1 aromatic rings. The summed E-state index contributed by atoms with van der Waals surface area (Å²) in [6.45, 7) is 3.32. The first-order valence-electron chi connectivity index (χ1n) is 6.53. The topological polar surface area (TPSA) is 24.9 Å². The van der Waals surface area contributed by atoms with Crippen LogP contribution in [0.1, 0.15) is 50.6 Å². The number of nitrogens with one attached hydrogen (secondary N) is 1. The highest BCUT2D eigenvalue weighted by molar-refractivity contribution is 5.14. The Hall–Kier alpha value is -0.890. The molecule has 1 N–H and O–H groups in total. The average molecular weight is 218 g/mol. The molecule has 1 saturated carbocycles. The maximum Gasteiger partial charge on any atom is 0.0338 e. The van der Waals surface area contributed by atoms with Gasteiger partial charge in [-0.2, -0.15) is 0 Å². The summed E-state index contributed by atoms with van der Waals surface area (Å²) < 4.78 is 0. The van der Waals surface area contributed by atoms with Gasteiger partial charge in [-0.15, -0.1) is 0 Å². The lowest BCUT2D eigenvalue weighted by Crippen LogP contribution is -2.26. The molecular formula is C14H22N2. The van der Waals surface area contributed by atoms with Crippen molar-refractivity contribution in [1.29, 1.82) is 0 Å². The van der Waals surface area contributed by atoms with Crippen LogP contribution in [-0.2, 0) is 0 Å². The van der Waals surface area contributed by atoms with Gasteiger partial charge in [0, 0.05) is 18.4 Å². The molecule has 0 amide bonds. The van der Waals surface area contributed by atoms with E-state index < -0.39 is 0 Å². The third-order valence-corrected chi connectivity index (χ3v) is 3.52. The smallest absolute Gasteiger partial charge is 0.0338 e. The molecular weight excluding hydrogens is 196 g/mol. The Kier molecular flexibility index (Phi) is 4.34. The van der Waals surface area contributed by atoms with Gasteiger partial charge in [0.25, 0.3) is 0 Å². The second-order valence-electron chi connectivity index (χ2n) is 4.83. The highest BCUT2D eigenvalue weighted by Gasteiger charge is 2.22. The molecule has 1 aromatic heterocycles. The number of hydrogen-bond acceptors (Lipinski definition) is 2. The van der Waals surface area contributed by atoms with Crippen molar-refractivity contribution in [3.8, 4) is 0 Å². The van der Waals surface area contributed by atoms with Crippen molar-refractivity contribution in [2.24, 2.45) is 5.92 Å². The second-order valence-corrected chi connectivity index (χ2v) is 4.83. The van der Waals surface area contributed by atoms with E-state index >= 15 is 0 Å². The van der Waals surface area contributed by atoms with E-state index in [2.05, 4.69) is 23.3 Å². The Morgan fingerprint density at radius 3 is 2.94 bits per heavy atom. The summed E-state index contributed by atoms with van der Waals surface area (Å²) >= 11 is 0. The van der Waals surface area contributed by atoms with Crippen LogP contribution in [-0.4, -0.2) is 11.5 Å². The van der Waals surface area contributed by atoms with E-state index in [1.165, 1.54) is 37.7 Å². The molecule has 0 aliphatic heterocycles. The number of hydrogen-bond donors (Lipinski definition) is 1. The van der Waals surface area contributed by atoms with Gasteiger partial charge in [-0.25, -0.2) is 0 Å². The van der Waals surface area contributed by atoms with Crippen molar-refractivity contribution in [3.63, 3.8) is 0 Å². The molecule has 0 saturated heterocycles. The van der Waals surface area contributed by atoms with Crippen LogP contribution in [0.2, 0.25) is 0 Å². The summed E-state index contributed by atoms with van der Waals surface area (Å²) in [5.74, 6) is 0.939. The molecule has 0 spiro atoms. The highest BCUT2D eigenvalue weighted by Crippen LogP contribution is 2.34. The zero-order valence-electron chi connectivity index (χ0n) is 10.2. The first kappa shape index (κ1) is 11.6. The van der Waals surface area contributed by atoms with Crippen molar-refractivity contribution in [3.05, 3.63) is 30.1 Å². The summed E-state index contributed by atoms with van der Waals surface area (Å²) in [5.41, 5.74) is 1.35. The fourth-order valence-corrected chi connectivity index (χ4v) is 2.30. The summed E-state index contributed by atoms with van der Waals surface area (Å²) in [7, 11) is 0. The predicted molar refractivity (Wildman–Crippen MR) is 67.2 cm³/mol. The largest absolute Gasteiger partial charge is 0.310 e. The van der Waals surface area contributed by atoms with E-state index in [0.717, 1.165) is 12.5 Å².